The lowest BCUT2D eigenvalue weighted by molar-refractivity contribution is -0.156. The van der Waals surface area contributed by atoms with E-state index in [1.165, 1.54) is 24.3 Å². The number of sulfone groups is 1. The number of aromatic hydroxyl groups is 1. The van der Waals surface area contributed by atoms with Crippen LogP contribution in [-0.2, 0) is 19.4 Å². The number of carbonyl (C=O) groups excluding carboxylic acids is 2. The van der Waals surface area contributed by atoms with Gasteiger partial charge < -0.3 is 15.1 Å². The number of phenols is 1. The molecule has 2 aliphatic heterocycles. The standard InChI is InChI=1S/C15H15N3O7S/c1-15(7-16-17-13(21)8-4-2-3-5-9(8)19)12(14(22)23)18-10(20)6-11(18)26(15,24)25/h2-5,7,11-12,19H,6H2,1H3,(H,17,21)(H,22,23)/b16-7+/t11-,12+,15+/m1/s1. The fraction of sp³-hybridized carbons (Fsp3) is 0.333. The van der Waals surface area contributed by atoms with E-state index < -0.39 is 43.8 Å². The van der Waals surface area contributed by atoms with Gasteiger partial charge in [-0.1, -0.05) is 12.1 Å². The van der Waals surface area contributed by atoms with Crippen LogP contribution in [-0.4, -0.2) is 63.7 Å². The molecule has 2 amide bonds. The highest BCUT2D eigenvalue weighted by Crippen LogP contribution is 2.45. The SMILES string of the molecule is C[C@]1(/C=N/NC(=O)c2ccccc2O)[C@H](C(=O)O)N2C(=O)C[C@H]2S1(=O)=O. The lowest BCUT2D eigenvalue weighted by Gasteiger charge is -2.35. The minimum Gasteiger partial charge on any atom is -0.507 e. The molecule has 3 atom stereocenters. The number of hydrazone groups is 1. The Labute approximate surface area is 148 Å². The Hall–Kier alpha value is -2.95. The molecule has 1 aromatic carbocycles. The summed E-state index contributed by atoms with van der Waals surface area (Å²) in [5.41, 5.74) is 1.97. The highest BCUT2D eigenvalue weighted by Gasteiger charge is 2.69. The first-order chi connectivity index (χ1) is 12.1. The van der Waals surface area contributed by atoms with Crippen LogP contribution in [0.2, 0.25) is 0 Å². The van der Waals surface area contributed by atoms with Gasteiger partial charge in [-0.15, -0.1) is 0 Å². The molecule has 0 aliphatic carbocycles. The van der Waals surface area contributed by atoms with Crippen molar-refractivity contribution in [2.24, 2.45) is 5.10 Å². The molecule has 2 aliphatic rings. The van der Waals surface area contributed by atoms with Crippen molar-refractivity contribution in [3.05, 3.63) is 29.8 Å². The van der Waals surface area contributed by atoms with E-state index in [-0.39, 0.29) is 17.7 Å². The molecule has 0 aromatic heterocycles. The van der Waals surface area contributed by atoms with E-state index in [0.29, 0.717) is 0 Å². The number of fused-ring (bicyclic) bond motifs is 1. The molecule has 0 radical (unpaired) electrons. The summed E-state index contributed by atoms with van der Waals surface area (Å²) in [6.45, 7) is 1.14. The van der Waals surface area contributed by atoms with Gasteiger partial charge in [0.2, 0.25) is 5.91 Å². The monoisotopic (exact) mass is 381 g/mol. The van der Waals surface area contributed by atoms with Crippen LogP contribution in [0.25, 0.3) is 0 Å². The van der Waals surface area contributed by atoms with Crippen molar-refractivity contribution in [2.45, 2.75) is 29.5 Å². The number of carbonyl (C=O) groups is 3. The Kier molecular flexibility index (Phi) is 3.98. The van der Waals surface area contributed by atoms with Crippen LogP contribution in [0.3, 0.4) is 0 Å². The van der Waals surface area contributed by atoms with Crippen LogP contribution < -0.4 is 5.43 Å². The molecule has 10 nitrogen and oxygen atoms in total. The number of hydrogen-bond donors (Lipinski definition) is 3. The predicted octanol–water partition coefficient (Wildman–Crippen LogP) is -0.693. The largest absolute Gasteiger partial charge is 0.507 e. The van der Waals surface area contributed by atoms with Gasteiger partial charge >= 0.3 is 5.97 Å². The summed E-state index contributed by atoms with van der Waals surface area (Å²) in [6.07, 6.45) is 0.532. The first-order valence-electron chi connectivity index (χ1n) is 7.51. The Bertz CT molecular complexity index is 942. The van der Waals surface area contributed by atoms with Gasteiger partial charge in [-0.05, 0) is 19.1 Å². The van der Waals surface area contributed by atoms with Crippen molar-refractivity contribution in [2.75, 3.05) is 0 Å². The van der Waals surface area contributed by atoms with Gasteiger partial charge in [0, 0.05) is 6.21 Å². The Morgan fingerprint density at radius 3 is 2.62 bits per heavy atom. The molecule has 2 saturated heterocycles. The zero-order valence-electron chi connectivity index (χ0n) is 13.5. The molecule has 138 valence electrons. The molecule has 2 heterocycles. The molecule has 3 N–H and O–H groups in total. The third-order valence-electron chi connectivity index (χ3n) is 4.61. The highest BCUT2D eigenvalue weighted by atomic mass is 32.2. The van der Waals surface area contributed by atoms with Gasteiger partial charge in [-0.25, -0.2) is 18.6 Å². The van der Waals surface area contributed by atoms with E-state index in [9.17, 15) is 33.0 Å². The summed E-state index contributed by atoms with van der Waals surface area (Å²) in [7, 11) is -4.05. The molecule has 0 saturated carbocycles. The summed E-state index contributed by atoms with van der Waals surface area (Å²) in [6, 6.07) is 4.01. The topological polar surface area (TPSA) is 153 Å². The molecule has 1 aromatic rings. The van der Waals surface area contributed by atoms with Crippen molar-refractivity contribution in [1.82, 2.24) is 10.3 Å². The molecule has 0 bridgehead atoms. The van der Waals surface area contributed by atoms with E-state index in [1.54, 1.807) is 0 Å². The summed E-state index contributed by atoms with van der Waals surface area (Å²) in [5, 5.41) is 21.4. The molecular formula is C15H15N3O7S. The number of amides is 2. The van der Waals surface area contributed by atoms with Crippen LogP contribution in [0, 0.1) is 0 Å². The van der Waals surface area contributed by atoms with Gasteiger partial charge in [-0.3, -0.25) is 9.59 Å². The number of carboxylic acid groups (broad SMARTS) is 1. The molecule has 0 unspecified atom stereocenters. The number of rotatable bonds is 4. The number of nitrogens with one attached hydrogen (secondary N) is 1. The van der Waals surface area contributed by atoms with E-state index in [1.807, 2.05) is 0 Å². The third-order valence-corrected chi connectivity index (χ3v) is 7.27. The minimum absolute atomic E-state index is 0.0853. The van der Waals surface area contributed by atoms with Crippen molar-refractivity contribution in [3.8, 4) is 5.75 Å². The quantitative estimate of drug-likeness (QED) is 0.354. The number of nitrogens with zero attached hydrogens (tertiary/aromatic N) is 2. The second-order valence-corrected chi connectivity index (χ2v) is 8.66. The normalized spacial score (nSPS) is 29.3. The zero-order valence-corrected chi connectivity index (χ0v) is 14.3. The second kappa shape index (κ2) is 5.80. The minimum atomic E-state index is -4.05. The number of benzene rings is 1. The first-order valence-corrected chi connectivity index (χ1v) is 9.06. The summed E-state index contributed by atoms with van der Waals surface area (Å²) in [5.74, 6) is -3.14. The second-order valence-electron chi connectivity index (χ2n) is 6.15. The highest BCUT2D eigenvalue weighted by molar-refractivity contribution is 7.94. The average molecular weight is 381 g/mol. The Morgan fingerprint density at radius 1 is 1.38 bits per heavy atom. The number of para-hydroxylation sites is 1. The number of phenolic OH excluding ortho intramolecular Hbond substituents is 1. The van der Waals surface area contributed by atoms with Gasteiger partial charge in [0.05, 0.1) is 12.0 Å². The lowest BCUT2D eigenvalue weighted by atomic mass is 9.97. The molecule has 26 heavy (non-hydrogen) atoms. The van der Waals surface area contributed by atoms with Gasteiger partial charge in [-0.2, -0.15) is 5.10 Å². The van der Waals surface area contributed by atoms with Gasteiger partial charge in [0.25, 0.3) is 5.91 Å². The maximum Gasteiger partial charge on any atom is 0.328 e. The fourth-order valence-electron chi connectivity index (χ4n) is 3.15. The van der Waals surface area contributed by atoms with Crippen molar-refractivity contribution < 1.29 is 33.0 Å². The smallest absolute Gasteiger partial charge is 0.328 e. The maximum absolute atomic E-state index is 12.6. The zero-order chi connectivity index (χ0) is 19.3. The molecule has 0 spiro atoms. The van der Waals surface area contributed by atoms with Gasteiger partial charge in [0.1, 0.15) is 15.9 Å². The average Bonchev–Trinajstić information content (AvgIpc) is 2.70. The van der Waals surface area contributed by atoms with Crippen molar-refractivity contribution in [1.29, 1.82) is 0 Å². The lowest BCUT2D eigenvalue weighted by Crippen LogP contribution is -2.57. The third kappa shape index (κ3) is 2.35. The van der Waals surface area contributed by atoms with Gasteiger partial charge in [0.15, 0.2) is 15.9 Å². The van der Waals surface area contributed by atoms with Crippen LogP contribution >= 0.6 is 0 Å². The van der Waals surface area contributed by atoms with E-state index >= 15 is 0 Å². The van der Waals surface area contributed by atoms with Crippen LogP contribution in [0.4, 0.5) is 0 Å². The van der Waals surface area contributed by atoms with Crippen LogP contribution in [0.1, 0.15) is 23.7 Å². The predicted molar refractivity (Wildman–Crippen MR) is 88.1 cm³/mol. The fourth-order valence-corrected chi connectivity index (χ4v) is 5.36. The summed E-state index contributed by atoms with van der Waals surface area (Å²) in [4.78, 5) is 36.0. The van der Waals surface area contributed by atoms with E-state index in [2.05, 4.69) is 10.5 Å². The molecule has 2 fully saturated rings. The van der Waals surface area contributed by atoms with Crippen molar-refractivity contribution >= 4 is 33.8 Å². The van der Waals surface area contributed by atoms with Crippen LogP contribution in [0.15, 0.2) is 29.4 Å². The number of carboxylic acids is 1. The molecular weight excluding hydrogens is 366 g/mol. The molecule has 11 heteroatoms. The van der Waals surface area contributed by atoms with E-state index in [4.69, 9.17) is 0 Å². The van der Waals surface area contributed by atoms with Crippen LogP contribution in [0.5, 0.6) is 5.75 Å². The molecule has 3 rings (SSSR count). The number of aliphatic carboxylic acids is 1. The number of hydrogen-bond acceptors (Lipinski definition) is 7. The number of β-lactam (4-membered cyclic amide) rings is 1. The van der Waals surface area contributed by atoms with Crippen molar-refractivity contribution in [3.63, 3.8) is 0 Å². The summed E-state index contributed by atoms with van der Waals surface area (Å²) < 4.78 is 23.3. The maximum atomic E-state index is 12.6. The van der Waals surface area contributed by atoms with E-state index in [0.717, 1.165) is 18.0 Å². The Morgan fingerprint density at radius 2 is 2.04 bits per heavy atom. The Balaban J connectivity index is 1.88. The summed E-state index contributed by atoms with van der Waals surface area (Å²) >= 11 is 0. The first kappa shape index (κ1) is 17.9.